The van der Waals surface area contributed by atoms with Gasteiger partial charge in [0.05, 0.1) is 11.3 Å². The summed E-state index contributed by atoms with van der Waals surface area (Å²) in [6.07, 6.45) is -4.50. The highest BCUT2D eigenvalue weighted by atomic mass is 19.4. The number of nitrogens with two attached hydrogens (primary N) is 1. The van der Waals surface area contributed by atoms with E-state index in [-0.39, 0.29) is 22.1 Å². The molecule has 2 aromatic carbocycles. The minimum atomic E-state index is -4.50. The highest BCUT2D eigenvalue weighted by Crippen LogP contribution is 2.31. The Labute approximate surface area is 152 Å². The highest BCUT2D eigenvalue weighted by Gasteiger charge is 2.30. The summed E-state index contributed by atoms with van der Waals surface area (Å²) in [6.45, 7) is 0. The van der Waals surface area contributed by atoms with Crippen molar-refractivity contribution in [1.29, 1.82) is 0 Å². The molecule has 1 amide bonds. The molecule has 2 N–H and O–H groups in total. The van der Waals surface area contributed by atoms with Gasteiger partial charge in [0.1, 0.15) is 11.1 Å². The third kappa shape index (κ3) is 3.94. The summed E-state index contributed by atoms with van der Waals surface area (Å²) in [6, 6.07) is 11.4. The van der Waals surface area contributed by atoms with Crippen molar-refractivity contribution in [2.75, 3.05) is 19.0 Å². The van der Waals surface area contributed by atoms with Crippen molar-refractivity contribution >= 4 is 28.3 Å². The molecule has 140 valence electrons. The van der Waals surface area contributed by atoms with E-state index in [1.807, 2.05) is 31.1 Å². The molecule has 0 aliphatic rings. The van der Waals surface area contributed by atoms with Crippen LogP contribution in [0.3, 0.4) is 0 Å². The molecule has 27 heavy (non-hydrogen) atoms. The number of primary amides is 1. The fourth-order valence-electron chi connectivity index (χ4n) is 2.51. The molecule has 1 heterocycles. The van der Waals surface area contributed by atoms with E-state index < -0.39 is 17.6 Å². The summed E-state index contributed by atoms with van der Waals surface area (Å²) < 4.78 is 44.2. The molecule has 3 rings (SSSR count). The molecule has 0 saturated heterocycles. The number of benzene rings is 2. The smallest absolute Gasteiger partial charge is 0.416 e. The molecule has 0 fully saturated rings. The number of anilines is 1. The maximum absolute atomic E-state index is 12.9. The number of hydrogen-bond acceptors (Lipinski definition) is 4. The van der Waals surface area contributed by atoms with Crippen molar-refractivity contribution in [3.8, 4) is 0 Å². The fourth-order valence-corrected chi connectivity index (χ4v) is 2.51. The van der Waals surface area contributed by atoms with Gasteiger partial charge in [-0.3, -0.25) is 4.79 Å². The Hall–Kier alpha value is -3.29. The van der Waals surface area contributed by atoms with Crippen LogP contribution >= 0.6 is 0 Å². The lowest BCUT2D eigenvalue weighted by Crippen LogP contribution is -2.21. The standard InChI is InChI=1S/C19H16F3N3O2/c1-25(2)14-6-4-13(5-7-14)24-18-15(17(23)26)10-11-9-12(19(20,21)22)3-8-16(11)27-18/h3-10H,1-2H3,(H2,23,26)/b24-18-. The van der Waals surface area contributed by atoms with Gasteiger partial charge in [0.25, 0.3) is 5.91 Å². The maximum atomic E-state index is 12.9. The van der Waals surface area contributed by atoms with E-state index in [0.717, 1.165) is 17.8 Å². The number of amides is 1. The molecular formula is C19H16F3N3O2. The van der Waals surface area contributed by atoms with Gasteiger partial charge in [-0.2, -0.15) is 13.2 Å². The Morgan fingerprint density at radius 3 is 2.30 bits per heavy atom. The normalized spacial score (nSPS) is 12.4. The van der Waals surface area contributed by atoms with Crippen LogP contribution in [0.5, 0.6) is 0 Å². The van der Waals surface area contributed by atoms with Crippen molar-refractivity contribution in [3.63, 3.8) is 0 Å². The van der Waals surface area contributed by atoms with Crippen LogP contribution in [0.15, 0.2) is 57.9 Å². The van der Waals surface area contributed by atoms with Crippen LogP contribution in [0.2, 0.25) is 0 Å². The summed E-state index contributed by atoms with van der Waals surface area (Å²) in [5, 5.41) is 0.112. The fraction of sp³-hybridized carbons (Fsp3) is 0.158. The average Bonchev–Trinajstić information content (AvgIpc) is 2.60. The molecule has 0 atom stereocenters. The lowest BCUT2D eigenvalue weighted by atomic mass is 10.1. The Bertz CT molecular complexity index is 1070. The zero-order chi connectivity index (χ0) is 19.8. The number of nitrogens with zero attached hydrogens (tertiary/aromatic N) is 2. The van der Waals surface area contributed by atoms with Crippen LogP contribution in [0, 0.1) is 0 Å². The van der Waals surface area contributed by atoms with Gasteiger partial charge < -0.3 is 15.1 Å². The Balaban J connectivity index is 2.16. The van der Waals surface area contributed by atoms with Gasteiger partial charge in [0.2, 0.25) is 5.55 Å². The Morgan fingerprint density at radius 2 is 1.74 bits per heavy atom. The van der Waals surface area contributed by atoms with Gasteiger partial charge in [-0.25, -0.2) is 4.99 Å². The molecule has 0 unspecified atom stereocenters. The highest BCUT2D eigenvalue weighted by molar-refractivity contribution is 5.95. The first-order chi connectivity index (χ1) is 12.6. The quantitative estimate of drug-likeness (QED) is 0.756. The van der Waals surface area contributed by atoms with Gasteiger partial charge in [0.15, 0.2) is 0 Å². The first-order valence-corrected chi connectivity index (χ1v) is 7.92. The van der Waals surface area contributed by atoms with Gasteiger partial charge >= 0.3 is 6.18 Å². The second-order valence-corrected chi connectivity index (χ2v) is 6.10. The second-order valence-electron chi connectivity index (χ2n) is 6.10. The molecule has 0 spiro atoms. The lowest BCUT2D eigenvalue weighted by molar-refractivity contribution is -0.137. The number of alkyl halides is 3. The largest absolute Gasteiger partial charge is 0.438 e. The SMILES string of the molecule is CN(C)c1ccc(/N=c2\oc3ccc(C(F)(F)F)cc3cc2C(N)=O)cc1. The second kappa shape index (κ2) is 6.79. The molecular weight excluding hydrogens is 359 g/mol. The topological polar surface area (TPSA) is 71.8 Å². The van der Waals surface area contributed by atoms with Gasteiger partial charge in [-0.1, -0.05) is 0 Å². The number of carbonyl (C=O) groups is 1. The number of carbonyl (C=O) groups excluding carboxylic acids is 1. The van der Waals surface area contributed by atoms with E-state index in [0.29, 0.717) is 5.69 Å². The van der Waals surface area contributed by atoms with Crippen LogP contribution in [0.4, 0.5) is 24.5 Å². The molecule has 0 radical (unpaired) electrons. The van der Waals surface area contributed by atoms with Gasteiger partial charge in [0, 0.05) is 25.2 Å². The molecule has 0 saturated carbocycles. The van der Waals surface area contributed by atoms with E-state index in [4.69, 9.17) is 10.2 Å². The van der Waals surface area contributed by atoms with Crippen molar-refractivity contribution < 1.29 is 22.4 Å². The van der Waals surface area contributed by atoms with Crippen LogP contribution < -0.4 is 16.2 Å². The maximum Gasteiger partial charge on any atom is 0.416 e. The van der Waals surface area contributed by atoms with Gasteiger partial charge in [-0.15, -0.1) is 0 Å². The van der Waals surface area contributed by atoms with Crippen molar-refractivity contribution in [3.05, 3.63) is 65.2 Å². The van der Waals surface area contributed by atoms with Gasteiger partial charge in [-0.05, 0) is 48.5 Å². The number of rotatable bonds is 3. The van der Waals surface area contributed by atoms with Crippen molar-refractivity contribution in [1.82, 2.24) is 0 Å². The summed E-state index contributed by atoms with van der Waals surface area (Å²) in [7, 11) is 3.79. The Kier molecular flexibility index (Phi) is 4.65. The number of fused-ring (bicyclic) bond motifs is 1. The van der Waals surface area contributed by atoms with Crippen molar-refractivity contribution in [2.24, 2.45) is 10.7 Å². The van der Waals surface area contributed by atoms with E-state index in [1.165, 1.54) is 12.1 Å². The van der Waals surface area contributed by atoms with E-state index in [9.17, 15) is 18.0 Å². The molecule has 3 aromatic rings. The predicted molar refractivity (Wildman–Crippen MR) is 95.7 cm³/mol. The third-order valence-corrected chi connectivity index (χ3v) is 3.94. The minimum Gasteiger partial charge on any atom is -0.438 e. The van der Waals surface area contributed by atoms with E-state index in [2.05, 4.69) is 4.99 Å². The van der Waals surface area contributed by atoms with Crippen molar-refractivity contribution in [2.45, 2.75) is 6.18 Å². The predicted octanol–water partition coefficient (Wildman–Crippen LogP) is 3.85. The zero-order valence-corrected chi connectivity index (χ0v) is 14.5. The lowest BCUT2D eigenvalue weighted by Gasteiger charge is -2.11. The molecule has 5 nitrogen and oxygen atoms in total. The zero-order valence-electron chi connectivity index (χ0n) is 14.5. The molecule has 1 aromatic heterocycles. The third-order valence-electron chi connectivity index (χ3n) is 3.94. The molecule has 8 heteroatoms. The van der Waals surface area contributed by atoms with Crippen LogP contribution in [0.25, 0.3) is 11.0 Å². The first kappa shape index (κ1) is 18.5. The minimum absolute atomic E-state index is 0.0626. The summed E-state index contributed by atoms with van der Waals surface area (Å²) in [5.41, 5.74) is 5.99. The number of halogens is 3. The Morgan fingerprint density at radius 1 is 1.07 bits per heavy atom. The average molecular weight is 375 g/mol. The molecule has 0 bridgehead atoms. The first-order valence-electron chi connectivity index (χ1n) is 7.92. The summed E-state index contributed by atoms with van der Waals surface area (Å²) in [5.74, 6) is -0.846. The van der Waals surface area contributed by atoms with Crippen LogP contribution in [0.1, 0.15) is 15.9 Å². The summed E-state index contributed by atoms with van der Waals surface area (Å²) >= 11 is 0. The number of hydrogen-bond donors (Lipinski definition) is 1. The summed E-state index contributed by atoms with van der Waals surface area (Å²) in [4.78, 5) is 17.9. The molecule has 0 aliphatic heterocycles. The van der Waals surface area contributed by atoms with Crippen LogP contribution in [-0.2, 0) is 6.18 Å². The van der Waals surface area contributed by atoms with E-state index in [1.54, 1.807) is 12.1 Å². The van der Waals surface area contributed by atoms with Crippen LogP contribution in [-0.4, -0.2) is 20.0 Å². The van der Waals surface area contributed by atoms with E-state index >= 15 is 0 Å². The molecule has 0 aliphatic carbocycles. The monoisotopic (exact) mass is 375 g/mol.